The first-order valence-corrected chi connectivity index (χ1v) is 6.51. The quantitative estimate of drug-likeness (QED) is 0.826. The van der Waals surface area contributed by atoms with Crippen molar-refractivity contribution in [1.29, 1.82) is 0 Å². The highest BCUT2D eigenvalue weighted by molar-refractivity contribution is 6.30. The van der Waals surface area contributed by atoms with Gasteiger partial charge in [-0.05, 0) is 37.6 Å². The Morgan fingerprint density at radius 1 is 1.17 bits per heavy atom. The lowest BCUT2D eigenvalue weighted by atomic mass is 9.76. The van der Waals surface area contributed by atoms with E-state index in [2.05, 4.69) is 30.6 Å². The predicted octanol–water partition coefficient (Wildman–Crippen LogP) is 3.70. The molecule has 0 amide bonds. The number of carbonyl (C=O) groups excluding carboxylic acids is 1. The first kappa shape index (κ1) is 14.9. The Kier molecular flexibility index (Phi) is 5.57. The average molecular weight is 266 g/mol. The summed E-state index contributed by atoms with van der Waals surface area (Å²) in [6.07, 6.45) is 3.10. The third-order valence-electron chi connectivity index (χ3n) is 3.54. The van der Waals surface area contributed by atoms with E-state index in [1.54, 1.807) is 0 Å². The maximum atomic E-state index is 11.3. The summed E-state index contributed by atoms with van der Waals surface area (Å²) < 4.78 is 0. The van der Waals surface area contributed by atoms with Crippen molar-refractivity contribution in [2.75, 3.05) is 7.05 Å². The Bertz CT molecular complexity index is 389. The molecule has 0 atom stereocenters. The summed E-state index contributed by atoms with van der Waals surface area (Å²) in [6.45, 7) is 6.00. The highest BCUT2D eigenvalue weighted by Gasteiger charge is 2.34. The van der Waals surface area contributed by atoms with Gasteiger partial charge in [0, 0.05) is 23.4 Å². The average Bonchev–Trinajstić information content (AvgIpc) is 2.43. The highest BCUT2D eigenvalue weighted by atomic mass is 35.5. The Morgan fingerprint density at radius 3 is 2.11 bits per heavy atom. The number of carbonyl (C=O) groups is 1. The topological polar surface area (TPSA) is 29.1 Å². The molecule has 1 fully saturated rings. The second kappa shape index (κ2) is 6.72. The van der Waals surface area contributed by atoms with Crippen molar-refractivity contribution in [3.63, 3.8) is 0 Å². The molecule has 2 nitrogen and oxygen atoms in total. The van der Waals surface area contributed by atoms with Gasteiger partial charge in [-0.2, -0.15) is 0 Å². The normalized spacial score (nSPS) is 17.8. The molecule has 1 N–H and O–H groups in total. The number of hydrogen-bond donors (Lipinski definition) is 1. The van der Waals surface area contributed by atoms with Crippen molar-refractivity contribution in [2.24, 2.45) is 0 Å². The lowest BCUT2D eigenvalue weighted by Crippen LogP contribution is -2.43. The van der Waals surface area contributed by atoms with E-state index in [0.29, 0.717) is 18.6 Å². The van der Waals surface area contributed by atoms with Gasteiger partial charge in [-0.1, -0.05) is 23.7 Å². The lowest BCUT2D eigenvalue weighted by molar-refractivity contribution is -0.121. The molecule has 0 unspecified atom stereocenters. The van der Waals surface area contributed by atoms with Crippen molar-refractivity contribution in [2.45, 2.75) is 31.2 Å². The number of hydrogen-bond acceptors (Lipinski definition) is 2. The first-order chi connectivity index (χ1) is 8.66. The van der Waals surface area contributed by atoms with E-state index >= 15 is 0 Å². The van der Waals surface area contributed by atoms with Crippen LogP contribution in [0.1, 0.15) is 31.2 Å². The van der Waals surface area contributed by atoms with Crippen LogP contribution in [0.2, 0.25) is 5.02 Å². The minimum Gasteiger partial charge on any atom is -0.310 e. The SMILES string of the molecule is C=C.CNC1(c2ccc(Cl)cc2)CCC(=O)CC1. The predicted molar refractivity (Wildman–Crippen MR) is 76.9 cm³/mol. The van der Waals surface area contributed by atoms with Gasteiger partial charge in [-0.25, -0.2) is 0 Å². The number of Topliss-reactive ketones (excluding diaryl/α,β-unsaturated/α-hetero) is 1. The van der Waals surface area contributed by atoms with Crippen molar-refractivity contribution in [1.82, 2.24) is 5.32 Å². The molecule has 18 heavy (non-hydrogen) atoms. The Balaban J connectivity index is 0.000000771. The van der Waals surface area contributed by atoms with Crippen LogP contribution in [0.5, 0.6) is 0 Å². The van der Waals surface area contributed by atoms with Gasteiger partial charge in [0.15, 0.2) is 0 Å². The molecule has 1 aromatic carbocycles. The molecule has 1 aliphatic rings. The fraction of sp³-hybridized carbons (Fsp3) is 0.400. The summed E-state index contributed by atoms with van der Waals surface area (Å²) in [7, 11) is 1.96. The second-order valence-corrected chi connectivity index (χ2v) is 4.81. The van der Waals surface area contributed by atoms with Crippen LogP contribution >= 0.6 is 11.6 Å². The molecular formula is C15H20ClNO. The molecule has 0 heterocycles. The van der Waals surface area contributed by atoms with Gasteiger partial charge >= 0.3 is 0 Å². The van der Waals surface area contributed by atoms with Gasteiger partial charge in [-0.3, -0.25) is 4.79 Å². The highest BCUT2D eigenvalue weighted by Crippen LogP contribution is 2.35. The smallest absolute Gasteiger partial charge is 0.133 e. The maximum Gasteiger partial charge on any atom is 0.133 e. The minimum atomic E-state index is -0.0432. The molecule has 0 aliphatic heterocycles. The molecule has 0 spiro atoms. The van der Waals surface area contributed by atoms with Gasteiger partial charge in [0.25, 0.3) is 0 Å². The van der Waals surface area contributed by atoms with Gasteiger partial charge < -0.3 is 5.32 Å². The van der Waals surface area contributed by atoms with E-state index in [4.69, 9.17) is 11.6 Å². The van der Waals surface area contributed by atoms with Crippen molar-refractivity contribution >= 4 is 17.4 Å². The zero-order chi connectivity index (χ0) is 13.6. The minimum absolute atomic E-state index is 0.0432. The third kappa shape index (κ3) is 3.21. The zero-order valence-electron chi connectivity index (χ0n) is 10.8. The fourth-order valence-electron chi connectivity index (χ4n) is 2.41. The van der Waals surface area contributed by atoms with Crippen LogP contribution in [0.15, 0.2) is 37.4 Å². The van der Waals surface area contributed by atoms with Crippen LogP contribution in [0.3, 0.4) is 0 Å². The molecule has 98 valence electrons. The van der Waals surface area contributed by atoms with Gasteiger partial charge in [-0.15, -0.1) is 13.2 Å². The summed E-state index contributed by atoms with van der Waals surface area (Å²) >= 11 is 5.89. The van der Waals surface area contributed by atoms with Gasteiger partial charge in [0.05, 0.1) is 0 Å². The molecule has 1 aliphatic carbocycles. The number of halogens is 1. The van der Waals surface area contributed by atoms with E-state index in [9.17, 15) is 4.79 Å². The van der Waals surface area contributed by atoms with Gasteiger partial charge in [0.1, 0.15) is 5.78 Å². The van der Waals surface area contributed by atoms with Crippen LogP contribution < -0.4 is 5.32 Å². The van der Waals surface area contributed by atoms with Crippen LogP contribution in [0.25, 0.3) is 0 Å². The van der Waals surface area contributed by atoms with E-state index in [1.165, 1.54) is 5.56 Å². The van der Waals surface area contributed by atoms with Crippen LogP contribution in [0.4, 0.5) is 0 Å². The summed E-state index contributed by atoms with van der Waals surface area (Å²) in [5.41, 5.74) is 1.19. The monoisotopic (exact) mass is 265 g/mol. The molecular weight excluding hydrogens is 246 g/mol. The zero-order valence-corrected chi connectivity index (χ0v) is 11.6. The van der Waals surface area contributed by atoms with Crippen LogP contribution in [0, 0.1) is 0 Å². The Morgan fingerprint density at radius 2 is 1.67 bits per heavy atom. The Hall–Kier alpha value is -1.12. The number of rotatable bonds is 2. The summed E-state index contributed by atoms with van der Waals surface area (Å²) in [6, 6.07) is 7.92. The van der Waals surface area contributed by atoms with Gasteiger partial charge in [0.2, 0.25) is 0 Å². The molecule has 1 aromatic rings. The molecule has 0 radical (unpaired) electrons. The maximum absolute atomic E-state index is 11.3. The number of nitrogens with one attached hydrogen (secondary N) is 1. The van der Waals surface area contributed by atoms with Crippen LogP contribution in [-0.2, 0) is 10.3 Å². The third-order valence-corrected chi connectivity index (χ3v) is 3.79. The fourth-order valence-corrected chi connectivity index (χ4v) is 2.53. The standard InChI is InChI=1S/C13H16ClNO.C2H4/c1-15-13(8-6-12(16)7-9-13)10-2-4-11(14)5-3-10;1-2/h2-5,15H,6-9H2,1H3;1-2H2. The first-order valence-electron chi connectivity index (χ1n) is 6.13. The van der Waals surface area contributed by atoms with E-state index in [1.807, 2.05) is 19.2 Å². The van der Waals surface area contributed by atoms with Crippen molar-refractivity contribution < 1.29 is 4.79 Å². The second-order valence-electron chi connectivity index (χ2n) is 4.38. The van der Waals surface area contributed by atoms with Crippen LogP contribution in [-0.4, -0.2) is 12.8 Å². The summed E-state index contributed by atoms with van der Waals surface area (Å²) in [5.74, 6) is 0.375. The molecule has 3 heteroatoms. The summed E-state index contributed by atoms with van der Waals surface area (Å²) in [5, 5.41) is 4.13. The molecule has 0 aromatic heterocycles. The molecule has 2 rings (SSSR count). The van der Waals surface area contributed by atoms with E-state index in [-0.39, 0.29) is 5.54 Å². The Labute approximate surface area is 114 Å². The number of ketones is 1. The largest absolute Gasteiger partial charge is 0.310 e. The van der Waals surface area contributed by atoms with Crippen molar-refractivity contribution in [3.05, 3.63) is 48.0 Å². The van der Waals surface area contributed by atoms with E-state index < -0.39 is 0 Å². The number of benzene rings is 1. The summed E-state index contributed by atoms with van der Waals surface area (Å²) in [4.78, 5) is 11.3. The lowest BCUT2D eigenvalue weighted by Gasteiger charge is -2.37. The van der Waals surface area contributed by atoms with Crippen molar-refractivity contribution in [3.8, 4) is 0 Å². The molecule has 1 saturated carbocycles. The van der Waals surface area contributed by atoms with E-state index in [0.717, 1.165) is 17.9 Å². The molecule has 0 bridgehead atoms. The molecule has 0 saturated heterocycles.